The molecule has 3 nitrogen and oxygen atoms in total. The molecule has 2 aromatic rings. The van der Waals surface area contributed by atoms with Gasteiger partial charge < -0.3 is 14.8 Å². The number of benzene rings is 1. The number of thiophene rings is 1. The molecule has 0 atom stereocenters. The normalized spacial score (nSPS) is 10.7. The monoisotopic (exact) mass is 384 g/mol. The number of halogens is 1. The zero-order chi connectivity index (χ0) is 15.8. The van der Waals surface area contributed by atoms with Crippen molar-refractivity contribution in [3.8, 4) is 11.5 Å². The van der Waals surface area contributed by atoms with Gasteiger partial charge >= 0.3 is 0 Å². The summed E-state index contributed by atoms with van der Waals surface area (Å²) in [6.45, 7) is 4.90. The fraction of sp³-hybridized carbons (Fsp3) is 0.412. The first-order valence-corrected chi connectivity index (χ1v) is 9.25. The largest absolute Gasteiger partial charge is 0.493 e. The van der Waals surface area contributed by atoms with Crippen LogP contribution in [0.25, 0.3) is 0 Å². The minimum atomic E-state index is 0.564. The van der Waals surface area contributed by atoms with Gasteiger partial charge in [0.15, 0.2) is 11.5 Å². The predicted octanol–water partition coefficient (Wildman–Crippen LogP) is 3.96. The van der Waals surface area contributed by atoms with Gasteiger partial charge in [-0.25, -0.2) is 0 Å². The summed E-state index contributed by atoms with van der Waals surface area (Å²) in [6.07, 6.45) is 2.49. The first-order valence-electron chi connectivity index (χ1n) is 7.57. The first-order chi connectivity index (χ1) is 10.7. The van der Waals surface area contributed by atoms with Gasteiger partial charge in [0.2, 0.25) is 0 Å². The lowest BCUT2D eigenvalue weighted by molar-refractivity contribution is -0.670. The van der Waals surface area contributed by atoms with Crippen molar-refractivity contribution in [3.05, 3.63) is 44.6 Å². The van der Waals surface area contributed by atoms with Crippen LogP contribution in [-0.4, -0.2) is 13.7 Å². The summed E-state index contributed by atoms with van der Waals surface area (Å²) in [7, 11) is 1.68. The molecule has 5 heteroatoms. The summed E-state index contributed by atoms with van der Waals surface area (Å²) in [6, 6.07) is 8.29. The van der Waals surface area contributed by atoms with Crippen molar-refractivity contribution in [2.75, 3.05) is 13.7 Å². The van der Waals surface area contributed by atoms with Crippen molar-refractivity contribution in [1.82, 2.24) is 0 Å². The van der Waals surface area contributed by atoms with E-state index in [0.29, 0.717) is 6.61 Å². The third-order valence-corrected chi connectivity index (χ3v) is 4.81. The number of unbranched alkanes of at least 4 members (excludes halogenated alkanes) is 1. The molecule has 0 saturated heterocycles. The molecule has 120 valence electrons. The van der Waals surface area contributed by atoms with E-state index in [1.54, 1.807) is 18.4 Å². The Morgan fingerprint density at radius 3 is 2.86 bits per heavy atom. The second kappa shape index (κ2) is 9.18. The van der Waals surface area contributed by atoms with E-state index in [1.165, 1.54) is 23.3 Å². The molecule has 1 aromatic heterocycles. The Balaban J connectivity index is 2.03. The molecule has 1 heterocycles. The number of hydrogen-bond acceptors (Lipinski definition) is 3. The molecule has 22 heavy (non-hydrogen) atoms. The third kappa shape index (κ3) is 5.00. The van der Waals surface area contributed by atoms with E-state index >= 15 is 0 Å². The summed E-state index contributed by atoms with van der Waals surface area (Å²) in [5.41, 5.74) is 1.24. The molecular weight excluding hydrogens is 362 g/mol. The quantitative estimate of drug-likeness (QED) is 0.663. The molecule has 0 aliphatic rings. The molecule has 0 aliphatic carbocycles. The minimum absolute atomic E-state index is 0.564. The Morgan fingerprint density at radius 2 is 2.18 bits per heavy atom. The van der Waals surface area contributed by atoms with Crippen LogP contribution in [0.2, 0.25) is 0 Å². The lowest BCUT2D eigenvalue weighted by Crippen LogP contribution is -2.82. The average Bonchev–Trinajstić information content (AvgIpc) is 3.03. The highest BCUT2D eigenvalue weighted by Crippen LogP contribution is 2.37. The second-order valence-corrected chi connectivity index (χ2v) is 7.00. The lowest BCUT2D eigenvalue weighted by atomic mass is 10.2. The molecule has 0 aliphatic heterocycles. The molecule has 0 bridgehead atoms. The maximum atomic E-state index is 5.93. The Labute approximate surface area is 144 Å². The van der Waals surface area contributed by atoms with Gasteiger partial charge in [-0.3, -0.25) is 0 Å². The van der Waals surface area contributed by atoms with Crippen molar-refractivity contribution in [2.45, 2.75) is 32.9 Å². The Kier molecular flexibility index (Phi) is 7.22. The SMILES string of the molecule is CCCC[NH2+]Cc1cc(Br)c(OCc2cccs2)c(OC)c1. The van der Waals surface area contributed by atoms with Crippen LogP contribution in [0.15, 0.2) is 34.1 Å². The van der Waals surface area contributed by atoms with E-state index < -0.39 is 0 Å². The molecule has 2 N–H and O–H groups in total. The summed E-state index contributed by atoms with van der Waals surface area (Å²) in [4.78, 5) is 1.20. The number of quaternary nitrogens is 1. The summed E-state index contributed by atoms with van der Waals surface area (Å²) in [5.74, 6) is 1.55. The molecular formula is C17H23BrNO2S+. The van der Waals surface area contributed by atoms with E-state index in [2.05, 4.69) is 51.7 Å². The van der Waals surface area contributed by atoms with Gasteiger partial charge in [-0.05, 0) is 45.9 Å². The van der Waals surface area contributed by atoms with Gasteiger partial charge in [0.1, 0.15) is 13.2 Å². The topological polar surface area (TPSA) is 35.1 Å². The van der Waals surface area contributed by atoms with Gasteiger partial charge in [0.25, 0.3) is 0 Å². The van der Waals surface area contributed by atoms with Crippen molar-refractivity contribution < 1.29 is 14.8 Å². The third-order valence-electron chi connectivity index (χ3n) is 3.37. The molecule has 0 saturated carbocycles. The fourth-order valence-corrected chi connectivity index (χ4v) is 3.41. The smallest absolute Gasteiger partial charge is 0.175 e. The Bertz CT molecular complexity index is 572. The molecule has 0 fully saturated rings. The molecule has 0 spiro atoms. The first kappa shape index (κ1) is 17.3. The zero-order valence-electron chi connectivity index (χ0n) is 13.1. The maximum absolute atomic E-state index is 5.93. The van der Waals surface area contributed by atoms with E-state index in [1.807, 2.05) is 6.07 Å². The molecule has 1 aromatic carbocycles. The predicted molar refractivity (Wildman–Crippen MR) is 94.7 cm³/mol. The lowest BCUT2D eigenvalue weighted by Gasteiger charge is -2.13. The fourth-order valence-electron chi connectivity index (χ4n) is 2.19. The van der Waals surface area contributed by atoms with Crippen LogP contribution >= 0.6 is 27.3 Å². The van der Waals surface area contributed by atoms with Crippen LogP contribution in [0.5, 0.6) is 11.5 Å². The Hall–Kier alpha value is -1.04. The molecule has 2 rings (SSSR count). The van der Waals surface area contributed by atoms with E-state index in [4.69, 9.17) is 9.47 Å². The molecule has 0 amide bonds. The highest BCUT2D eigenvalue weighted by Gasteiger charge is 2.13. The number of ether oxygens (including phenoxy) is 2. The van der Waals surface area contributed by atoms with E-state index in [9.17, 15) is 0 Å². The average molecular weight is 385 g/mol. The van der Waals surface area contributed by atoms with Gasteiger partial charge in [-0.1, -0.05) is 19.4 Å². The standard InChI is InChI=1S/C17H22BrNO2S/c1-3-4-7-19-11-13-9-15(18)17(16(10-13)20-2)21-12-14-6-5-8-22-14/h5-6,8-10,19H,3-4,7,11-12H2,1-2H3/p+1. The van der Waals surface area contributed by atoms with Crippen molar-refractivity contribution in [2.24, 2.45) is 0 Å². The van der Waals surface area contributed by atoms with Crippen LogP contribution in [0, 0.1) is 0 Å². The van der Waals surface area contributed by atoms with Gasteiger partial charge in [0.05, 0.1) is 18.1 Å². The number of rotatable bonds is 9. The maximum Gasteiger partial charge on any atom is 0.175 e. The van der Waals surface area contributed by atoms with Crippen molar-refractivity contribution in [1.29, 1.82) is 0 Å². The van der Waals surface area contributed by atoms with E-state index in [0.717, 1.165) is 29.1 Å². The van der Waals surface area contributed by atoms with Crippen LogP contribution in [0.1, 0.15) is 30.2 Å². The highest BCUT2D eigenvalue weighted by atomic mass is 79.9. The van der Waals surface area contributed by atoms with Crippen LogP contribution in [0.4, 0.5) is 0 Å². The second-order valence-electron chi connectivity index (χ2n) is 5.11. The molecule has 0 radical (unpaired) electrons. The summed E-state index contributed by atoms with van der Waals surface area (Å²) in [5, 5.41) is 4.39. The summed E-state index contributed by atoms with van der Waals surface area (Å²) < 4.78 is 12.4. The van der Waals surface area contributed by atoms with Gasteiger partial charge in [0, 0.05) is 10.4 Å². The number of hydrogen-bond donors (Lipinski definition) is 1. The van der Waals surface area contributed by atoms with Crippen LogP contribution in [-0.2, 0) is 13.2 Å². The van der Waals surface area contributed by atoms with E-state index in [-0.39, 0.29) is 0 Å². The highest BCUT2D eigenvalue weighted by molar-refractivity contribution is 9.10. The summed E-state index contributed by atoms with van der Waals surface area (Å²) >= 11 is 5.30. The zero-order valence-corrected chi connectivity index (χ0v) is 15.5. The van der Waals surface area contributed by atoms with Gasteiger partial charge in [-0.2, -0.15) is 0 Å². The molecule has 0 unspecified atom stereocenters. The van der Waals surface area contributed by atoms with Crippen LogP contribution in [0.3, 0.4) is 0 Å². The van der Waals surface area contributed by atoms with Crippen LogP contribution < -0.4 is 14.8 Å². The minimum Gasteiger partial charge on any atom is -0.493 e. The van der Waals surface area contributed by atoms with Crippen molar-refractivity contribution in [3.63, 3.8) is 0 Å². The van der Waals surface area contributed by atoms with Crippen molar-refractivity contribution >= 4 is 27.3 Å². The van der Waals surface area contributed by atoms with Gasteiger partial charge in [-0.15, -0.1) is 11.3 Å². The Morgan fingerprint density at radius 1 is 1.32 bits per heavy atom. The number of nitrogens with two attached hydrogens (primary N) is 1. The number of methoxy groups -OCH3 is 1.